The first-order chi connectivity index (χ1) is 11.7. The molecule has 0 aromatic heterocycles. The van der Waals surface area contributed by atoms with Gasteiger partial charge in [0.2, 0.25) is 5.91 Å². The number of ether oxygens (including phenoxy) is 2. The quantitative estimate of drug-likeness (QED) is 0.838. The summed E-state index contributed by atoms with van der Waals surface area (Å²) in [4.78, 5) is 14.5. The van der Waals surface area contributed by atoms with Crippen molar-refractivity contribution in [1.29, 1.82) is 0 Å². The maximum absolute atomic E-state index is 12.6. The molecule has 1 fully saturated rings. The number of benzene rings is 1. The third-order valence-corrected chi connectivity index (χ3v) is 5.49. The van der Waals surface area contributed by atoms with Gasteiger partial charge in [0.05, 0.1) is 19.3 Å². The number of carbonyl (C=O) groups is 1. The van der Waals surface area contributed by atoms with Gasteiger partial charge in [-0.05, 0) is 42.5 Å². The SMILES string of the molecule is COc1ccc2c(c1)CCOC21CCN(C(=O)C2C=CCN2)CC1. The topological polar surface area (TPSA) is 50.8 Å². The predicted molar refractivity (Wildman–Crippen MR) is 91.1 cm³/mol. The fourth-order valence-electron chi connectivity index (χ4n) is 4.12. The van der Waals surface area contributed by atoms with Gasteiger partial charge in [-0.15, -0.1) is 0 Å². The first-order valence-corrected chi connectivity index (χ1v) is 8.72. The number of rotatable bonds is 2. The average molecular weight is 328 g/mol. The number of hydrogen-bond donors (Lipinski definition) is 1. The van der Waals surface area contributed by atoms with E-state index in [0.717, 1.165) is 51.3 Å². The highest BCUT2D eigenvalue weighted by atomic mass is 16.5. The molecule has 5 nitrogen and oxygen atoms in total. The van der Waals surface area contributed by atoms with Crippen LogP contribution in [0.4, 0.5) is 0 Å². The van der Waals surface area contributed by atoms with E-state index in [9.17, 15) is 4.79 Å². The van der Waals surface area contributed by atoms with E-state index in [4.69, 9.17) is 9.47 Å². The number of nitrogens with one attached hydrogen (secondary N) is 1. The molecule has 4 rings (SSSR count). The monoisotopic (exact) mass is 328 g/mol. The van der Waals surface area contributed by atoms with Crippen LogP contribution in [-0.2, 0) is 21.6 Å². The lowest BCUT2D eigenvalue weighted by atomic mass is 9.79. The van der Waals surface area contributed by atoms with Crippen molar-refractivity contribution in [2.75, 3.05) is 33.4 Å². The molecule has 1 amide bonds. The fraction of sp³-hybridized carbons (Fsp3) is 0.526. The molecule has 3 aliphatic heterocycles. The Balaban J connectivity index is 1.51. The van der Waals surface area contributed by atoms with Crippen LogP contribution < -0.4 is 10.1 Å². The highest BCUT2D eigenvalue weighted by molar-refractivity contribution is 5.84. The largest absolute Gasteiger partial charge is 0.497 e. The van der Waals surface area contributed by atoms with Crippen LogP contribution >= 0.6 is 0 Å². The predicted octanol–water partition coefficient (Wildman–Crippen LogP) is 1.61. The molecule has 5 heteroatoms. The minimum Gasteiger partial charge on any atom is -0.497 e. The first-order valence-electron chi connectivity index (χ1n) is 8.72. The zero-order valence-electron chi connectivity index (χ0n) is 14.1. The van der Waals surface area contributed by atoms with Crippen LogP contribution in [-0.4, -0.2) is 50.2 Å². The Labute approximate surface area is 142 Å². The molecule has 24 heavy (non-hydrogen) atoms. The number of methoxy groups -OCH3 is 1. The number of hydrogen-bond acceptors (Lipinski definition) is 4. The van der Waals surface area contributed by atoms with Crippen LogP contribution in [0.3, 0.4) is 0 Å². The molecular formula is C19H24N2O3. The zero-order chi connectivity index (χ0) is 16.6. The lowest BCUT2D eigenvalue weighted by Crippen LogP contribution is -2.52. The second-order valence-corrected chi connectivity index (χ2v) is 6.76. The molecule has 128 valence electrons. The average Bonchev–Trinajstić information content (AvgIpc) is 3.16. The third kappa shape index (κ3) is 2.62. The van der Waals surface area contributed by atoms with Crippen molar-refractivity contribution in [3.05, 3.63) is 41.5 Å². The van der Waals surface area contributed by atoms with Crippen molar-refractivity contribution in [2.24, 2.45) is 0 Å². The van der Waals surface area contributed by atoms with Gasteiger partial charge in [0.1, 0.15) is 11.8 Å². The van der Waals surface area contributed by atoms with Crippen molar-refractivity contribution >= 4 is 5.91 Å². The number of fused-ring (bicyclic) bond motifs is 2. The fourth-order valence-corrected chi connectivity index (χ4v) is 4.12. The highest BCUT2D eigenvalue weighted by Crippen LogP contribution is 2.42. The van der Waals surface area contributed by atoms with Crippen molar-refractivity contribution < 1.29 is 14.3 Å². The molecule has 1 aromatic carbocycles. The Morgan fingerprint density at radius 1 is 1.38 bits per heavy atom. The molecule has 1 aromatic rings. The minimum absolute atomic E-state index is 0.150. The Morgan fingerprint density at radius 2 is 2.21 bits per heavy atom. The van der Waals surface area contributed by atoms with E-state index < -0.39 is 0 Å². The highest BCUT2D eigenvalue weighted by Gasteiger charge is 2.42. The zero-order valence-corrected chi connectivity index (χ0v) is 14.1. The molecule has 1 N–H and O–H groups in total. The van der Waals surface area contributed by atoms with E-state index in [1.54, 1.807) is 7.11 Å². The molecule has 0 radical (unpaired) electrons. The van der Waals surface area contributed by atoms with Crippen LogP contribution in [0.25, 0.3) is 0 Å². The van der Waals surface area contributed by atoms with Gasteiger partial charge < -0.3 is 14.4 Å². The maximum Gasteiger partial charge on any atom is 0.243 e. The number of piperidine rings is 1. The molecule has 1 atom stereocenters. The second-order valence-electron chi connectivity index (χ2n) is 6.76. The summed E-state index contributed by atoms with van der Waals surface area (Å²) < 4.78 is 11.6. The summed E-state index contributed by atoms with van der Waals surface area (Å²) in [7, 11) is 1.70. The van der Waals surface area contributed by atoms with Gasteiger partial charge in [-0.25, -0.2) is 0 Å². The van der Waals surface area contributed by atoms with Gasteiger partial charge in [-0.2, -0.15) is 0 Å². The number of likely N-dealkylation sites (tertiary alicyclic amines) is 1. The van der Waals surface area contributed by atoms with E-state index in [1.807, 2.05) is 23.1 Å². The van der Waals surface area contributed by atoms with Gasteiger partial charge in [-0.1, -0.05) is 18.2 Å². The summed E-state index contributed by atoms with van der Waals surface area (Å²) in [5.41, 5.74) is 2.36. The molecule has 1 spiro atoms. The van der Waals surface area contributed by atoms with Crippen LogP contribution in [0.2, 0.25) is 0 Å². The summed E-state index contributed by atoms with van der Waals surface area (Å²) in [6, 6.07) is 6.14. The Bertz CT molecular complexity index is 663. The first kappa shape index (κ1) is 15.7. The van der Waals surface area contributed by atoms with E-state index in [2.05, 4.69) is 17.4 Å². The molecule has 1 unspecified atom stereocenters. The normalized spacial score (nSPS) is 24.9. The molecule has 0 aliphatic carbocycles. The Kier molecular flexibility index (Phi) is 4.06. The summed E-state index contributed by atoms with van der Waals surface area (Å²) in [5.74, 6) is 1.09. The van der Waals surface area contributed by atoms with Gasteiger partial charge in [0.15, 0.2) is 0 Å². The smallest absolute Gasteiger partial charge is 0.243 e. The van der Waals surface area contributed by atoms with Crippen LogP contribution in [0.1, 0.15) is 24.0 Å². The summed E-state index contributed by atoms with van der Waals surface area (Å²) in [6.45, 7) is 3.01. The lowest BCUT2D eigenvalue weighted by molar-refractivity contribution is -0.141. The summed E-state index contributed by atoms with van der Waals surface area (Å²) in [5, 5.41) is 3.21. The summed E-state index contributed by atoms with van der Waals surface area (Å²) >= 11 is 0. The van der Waals surface area contributed by atoms with Crippen LogP contribution in [0.5, 0.6) is 5.75 Å². The Hall–Kier alpha value is -1.85. The van der Waals surface area contributed by atoms with Gasteiger partial charge in [0, 0.05) is 19.6 Å². The van der Waals surface area contributed by atoms with Crippen molar-refractivity contribution in [3.8, 4) is 5.75 Å². The van der Waals surface area contributed by atoms with E-state index in [0.29, 0.717) is 0 Å². The molecule has 0 saturated carbocycles. The number of amides is 1. The van der Waals surface area contributed by atoms with Crippen LogP contribution in [0, 0.1) is 0 Å². The lowest BCUT2D eigenvalue weighted by Gasteiger charge is -2.45. The third-order valence-electron chi connectivity index (χ3n) is 5.49. The summed E-state index contributed by atoms with van der Waals surface area (Å²) in [6.07, 6.45) is 6.62. The van der Waals surface area contributed by atoms with E-state index >= 15 is 0 Å². The van der Waals surface area contributed by atoms with E-state index in [1.165, 1.54) is 11.1 Å². The molecule has 3 aliphatic rings. The minimum atomic E-state index is -0.240. The van der Waals surface area contributed by atoms with Crippen molar-refractivity contribution in [1.82, 2.24) is 10.2 Å². The standard InChI is InChI=1S/C19H24N2O3/c1-23-15-4-5-16-14(13-15)6-12-24-19(16)7-10-21(11-8-19)18(22)17-3-2-9-20-17/h2-5,13,17,20H,6-12H2,1H3. The van der Waals surface area contributed by atoms with E-state index in [-0.39, 0.29) is 17.6 Å². The molecule has 0 bridgehead atoms. The second kappa shape index (κ2) is 6.22. The van der Waals surface area contributed by atoms with Gasteiger partial charge in [0.25, 0.3) is 0 Å². The van der Waals surface area contributed by atoms with Gasteiger partial charge >= 0.3 is 0 Å². The number of carbonyl (C=O) groups excluding carboxylic acids is 1. The van der Waals surface area contributed by atoms with Gasteiger partial charge in [-0.3, -0.25) is 10.1 Å². The van der Waals surface area contributed by atoms with Crippen LogP contribution in [0.15, 0.2) is 30.4 Å². The molecular weight excluding hydrogens is 304 g/mol. The van der Waals surface area contributed by atoms with Crippen molar-refractivity contribution in [3.63, 3.8) is 0 Å². The molecule has 1 saturated heterocycles. The number of nitrogens with zero attached hydrogens (tertiary/aromatic N) is 1. The maximum atomic E-state index is 12.6. The molecule has 3 heterocycles. The van der Waals surface area contributed by atoms with Crippen molar-refractivity contribution in [2.45, 2.75) is 30.9 Å². The Morgan fingerprint density at radius 3 is 2.92 bits per heavy atom.